The summed E-state index contributed by atoms with van der Waals surface area (Å²) >= 11 is 0. The van der Waals surface area contributed by atoms with Gasteiger partial charge in [0, 0.05) is 32.7 Å². The monoisotopic (exact) mass is 355 g/mol. The summed E-state index contributed by atoms with van der Waals surface area (Å²) in [4.78, 5) is 13.4. The van der Waals surface area contributed by atoms with Gasteiger partial charge in [0.05, 0.1) is 0 Å². The highest BCUT2D eigenvalue weighted by molar-refractivity contribution is 7.89. The van der Waals surface area contributed by atoms with Gasteiger partial charge in [-0.05, 0) is 30.9 Å². The van der Waals surface area contributed by atoms with Crippen LogP contribution in [0.2, 0.25) is 0 Å². The van der Waals surface area contributed by atoms with E-state index in [4.69, 9.17) is 0 Å². The predicted octanol–water partition coefficient (Wildman–Crippen LogP) is 1.64. The average molecular weight is 355 g/mol. The lowest BCUT2D eigenvalue weighted by molar-refractivity contribution is 0.168. The zero-order valence-corrected chi connectivity index (χ0v) is 14.3. The summed E-state index contributed by atoms with van der Waals surface area (Å²) in [5.74, 6) is -0.171. The molecule has 132 valence electrons. The zero-order chi connectivity index (χ0) is 17.2. The summed E-state index contributed by atoms with van der Waals surface area (Å²) < 4.78 is 40.0. The van der Waals surface area contributed by atoms with E-state index in [0.29, 0.717) is 25.6 Å². The second kappa shape index (κ2) is 7.06. The zero-order valence-electron chi connectivity index (χ0n) is 13.4. The Kier molecular flexibility index (Phi) is 5.05. The van der Waals surface area contributed by atoms with E-state index in [1.165, 1.54) is 28.9 Å². The van der Waals surface area contributed by atoms with Crippen molar-refractivity contribution in [3.8, 4) is 0 Å². The van der Waals surface area contributed by atoms with Crippen LogP contribution in [0.5, 0.6) is 0 Å². The number of hydrogen-bond donors (Lipinski definition) is 1. The second-order valence-corrected chi connectivity index (χ2v) is 8.21. The van der Waals surface area contributed by atoms with E-state index in [9.17, 15) is 17.6 Å². The molecule has 1 aromatic carbocycles. The van der Waals surface area contributed by atoms with Crippen molar-refractivity contribution in [1.82, 2.24) is 14.5 Å². The third kappa shape index (κ3) is 3.54. The topological polar surface area (TPSA) is 69.7 Å². The fourth-order valence-corrected chi connectivity index (χ4v) is 4.45. The molecule has 24 heavy (non-hydrogen) atoms. The number of sulfonamides is 1. The van der Waals surface area contributed by atoms with Crippen molar-refractivity contribution < 1.29 is 17.6 Å². The Morgan fingerprint density at radius 3 is 2.42 bits per heavy atom. The lowest BCUT2D eigenvalue weighted by Crippen LogP contribution is -2.53. The van der Waals surface area contributed by atoms with Crippen LogP contribution in [-0.2, 0) is 10.0 Å². The van der Waals surface area contributed by atoms with Crippen LogP contribution < -0.4 is 5.32 Å². The molecule has 0 bridgehead atoms. The van der Waals surface area contributed by atoms with Gasteiger partial charge in [0.1, 0.15) is 10.7 Å². The van der Waals surface area contributed by atoms with Gasteiger partial charge in [-0.3, -0.25) is 0 Å². The van der Waals surface area contributed by atoms with Crippen LogP contribution in [0.3, 0.4) is 0 Å². The lowest BCUT2D eigenvalue weighted by atomic mass is 9.85. The molecule has 3 rings (SSSR count). The minimum Gasteiger partial charge on any atom is -0.338 e. The third-order valence-corrected chi connectivity index (χ3v) is 6.68. The van der Waals surface area contributed by atoms with Crippen LogP contribution in [0.1, 0.15) is 19.3 Å². The van der Waals surface area contributed by atoms with Crippen LogP contribution in [0.15, 0.2) is 29.2 Å². The number of rotatable bonds is 4. The molecule has 1 saturated heterocycles. The molecule has 1 heterocycles. The maximum Gasteiger partial charge on any atom is 0.317 e. The van der Waals surface area contributed by atoms with Crippen molar-refractivity contribution in [1.29, 1.82) is 0 Å². The van der Waals surface area contributed by atoms with Crippen LogP contribution in [-0.4, -0.2) is 56.4 Å². The molecular weight excluding hydrogens is 333 g/mol. The number of urea groups is 1. The van der Waals surface area contributed by atoms with E-state index in [0.717, 1.165) is 18.9 Å². The fraction of sp³-hybridized carbons (Fsp3) is 0.562. The maximum absolute atomic E-state index is 13.8. The van der Waals surface area contributed by atoms with Gasteiger partial charge in [0.2, 0.25) is 10.0 Å². The Hall–Kier alpha value is -1.67. The molecule has 0 atom stereocenters. The number of carbonyl (C=O) groups is 1. The Bertz CT molecular complexity index is 698. The van der Waals surface area contributed by atoms with Gasteiger partial charge in [-0.2, -0.15) is 4.31 Å². The van der Waals surface area contributed by atoms with Gasteiger partial charge < -0.3 is 10.2 Å². The number of nitrogens with one attached hydrogen (secondary N) is 1. The normalized spacial score (nSPS) is 19.8. The molecule has 0 aromatic heterocycles. The van der Waals surface area contributed by atoms with Gasteiger partial charge in [-0.15, -0.1) is 0 Å². The number of benzene rings is 1. The standard InChI is InChI=1S/C16H22FN3O3S/c17-14-6-1-2-7-15(14)24(22,23)20-10-8-19(9-11-20)16(21)18-12-13-4-3-5-13/h1-2,6-7,13H,3-5,8-12H2,(H,18,21). The second-order valence-electron chi connectivity index (χ2n) is 6.30. The molecule has 0 unspecified atom stereocenters. The molecule has 1 aliphatic carbocycles. The average Bonchev–Trinajstić information content (AvgIpc) is 2.53. The molecule has 1 aliphatic heterocycles. The molecule has 2 amide bonds. The number of carbonyl (C=O) groups excluding carboxylic acids is 1. The minimum atomic E-state index is -3.86. The highest BCUT2D eigenvalue weighted by Gasteiger charge is 2.32. The summed E-state index contributed by atoms with van der Waals surface area (Å²) in [6.07, 6.45) is 3.55. The predicted molar refractivity (Wildman–Crippen MR) is 87.5 cm³/mol. The SMILES string of the molecule is O=C(NCC1CCC1)N1CCN(S(=O)(=O)c2ccccc2F)CC1. The van der Waals surface area contributed by atoms with Gasteiger partial charge >= 0.3 is 6.03 Å². The van der Waals surface area contributed by atoms with Crippen LogP contribution in [0.25, 0.3) is 0 Å². The first-order chi connectivity index (χ1) is 11.5. The number of amides is 2. The summed E-state index contributed by atoms with van der Waals surface area (Å²) in [5, 5.41) is 2.91. The Labute approximate surface area is 141 Å². The molecule has 0 spiro atoms. The molecule has 2 aliphatic rings. The number of nitrogens with zero attached hydrogens (tertiary/aromatic N) is 2. The summed E-state index contributed by atoms with van der Waals surface area (Å²) in [6, 6.07) is 5.21. The Balaban J connectivity index is 1.56. The molecule has 8 heteroatoms. The quantitative estimate of drug-likeness (QED) is 0.893. The van der Waals surface area contributed by atoms with Crippen molar-refractivity contribution in [2.45, 2.75) is 24.2 Å². The molecule has 1 saturated carbocycles. The van der Waals surface area contributed by atoms with Crippen molar-refractivity contribution in [2.24, 2.45) is 5.92 Å². The largest absolute Gasteiger partial charge is 0.338 e. The number of halogens is 1. The highest BCUT2D eigenvalue weighted by Crippen LogP contribution is 2.25. The fourth-order valence-electron chi connectivity index (χ4n) is 2.96. The first-order valence-corrected chi connectivity index (χ1v) is 9.70. The van der Waals surface area contributed by atoms with Gasteiger partial charge in [0.15, 0.2) is 0 Å². The number of piperazine rings is 1. The molecule has 2 fully saturated rings. The lowest BCUT2D eigenvalue weighted by Gasteiger charge is -2.34. The molecule has 1 aromatic rings. The van der Waals surface area contributed by atoms with E-state index in [1.807, 2.05) is 0 Å². The molecule has 1 N–H and O–H groups in total. The van der Waals surface area contributed by atoms with Crippen molar-refractivity contribution in [3.05, 3.63) is 30.1 Å². The first kappa shape index (κ1) is 17.2. The maximum atomic E-state index is 13.8. The summed E-state index contributed by atoms with van der Waals surface area (Å²) in [5.41, 5.74) is 0. The number of hydrogen-bond acceptors (Lipinski definition) is 3. The van der Waals surface area contributed by atoms with Crippen LogP contribution in [0.4, 0.5) is 9.18 Å². The summed E-state index contributed by atoms with van der Waals surface area (Å²) in [7, 11) is -3.86. The van der Waals surface area contributed by atoms with Gasteiger partial charge in [-0.25, -0.2) is 17.6 Å². The van der Waals surface area contributed by atoms with Crippen LogP contribution in [0, 0.1) is 11.7 Å². The van der Waals surface area contributed by atoms with Gasteiger partial charge in [-0.1, -0.05) is 18.6 Å². The Morgan fingerprint density at radius 2 is 1.83 bits per heavy atom. The highest BCUT2D eigenvalue weighted by atomic mass is 32.2. The van der Waals surface area contributed by atoms with Crippen molar-refractivity contribution >= 4 is 16.1 Å². The summed E-state index contributed by atoms with van der Waals surface area (Å²) in [6.45, 7) is 1.65. The van der Waals surface area contributed by atoms with Crippen molar-refractivity contribution in [3.63, 3.8) is 0 Å². The van der Waals surface area contributed by atoms with E-state index < -0.39 is 15.8 Å². The first-order valence-electron chi connectivity index (χ1n) is 8.26. The smallest absolute Gasteiger partial charge is 0.317 e. The Morgan fingerprint density at radius 1 is 1.17 bits per heavy atom. The van der Waals surface area contributed by atoms with E-state index >= 15 is 0 Å². The van der Waals surface area contributed by atoms with E-state index in [1.54, 1.807) is 4.90 Å². The van der Waals surface area contributed by atoms with E-state index in [-0.39, 0.29) is 24.0 Å². The molecule has 0 radical (unpaired) electrons. The van der Waals surface area contributed by atoms with E-state index in [2.05, 4.69) is 5.32 Å². The molecular formula is C16H22FN3O3S. The molecule has 6 nitrogen and oxygen atoms in total. The minimum absolute atomic E-state index is 0.148. The third-order valence-electron chi connectivity index (χ3n) is 4.75. The van der Waals surface area contributed by atoms with Crippen molar-refractivity contribution in [2.75, 3.05) is 32.7 Å². The van der Waals surface area contributed by atoms with Gasteiger partial charge in [0.25, 0.3) is 0 Å². The van der Waals surface area contributed by atoms with Crippen LogP contribution >= 0.6 is 0 Å².